The second kappa shape index (κ2) is 3.80. The molecule has 6 heteroatoms. The van der Waals surface area contributed by atoms with Gasteiger partial charge in [0.25, 0.3) is 0 Å². The van der Waals surface area contributed by atoms with E-state index >= 15 is 0 Å². The highest BCUT2D eigenvalue weighted by molar-refractivity contribution is 5.26. The van der Waals surface area contributed by atoms with E-state index in [0.717, 1.165) is 0 Å². The van der Waals surface area contributed by atoms with Gasteiger partial charge in [-0.1, -0.05) is 0 Å². The van der Waals surface area contributed by atoms with Gasteiger partial charge in [0.1, 0.15) is 11.9 Å². The van der Waals surface area contributed by atoms with E-state index in [2.05, 4.69) is 10.2 Å². The summed E-state index contributed by atoms with van der Waals surface area (Å²) in [6, 6.07) is 4.31. The highest BCUT2D eigenvalue weighted by Crippen LogP contribution is 2.13. The normalized spacial score (nSPS) is 14.5. The van der Waals surface area contributed by atoms with Gasteiger partial charge in [-0.3, -0.25) is 0 Å². The Labute approximate surface area is 74.3 Å². The van der Waals surface area contributed by atoms with Crippen LogP contribution in [0.3, 0.4) is 0 Å². The first-order valence-electron chi connectivity index (χ1n) is 3.50. The standard InChI is InChI=1S/C7H8N4O2/c8-3-5(12)7(13)4-1-2-6(9)11-10-4/h1-2,5,7,12-13H,(H2,9,11). The second-order valence-electron chi connectivity index (χ2n) is 2.40. The molecule has 0 aromatic carbocycles. The van der Waals surface area contributed by atoms with E-state index in [-0.39, 0.29) is 11.5 Å². The molecule has 0 spiro atoms. The Morgan fingerprint density at radius 1 is 1.38 bits per heavy atom. The van der Waals surface area contributed by atoms with E-state index in [1.54, 1.807) is 0 Å². The van der Waals surface area contributed by atoms with Gasteiger partial charge in [0.05, 0.1) is 11.8 Å². The van der Waals surface area contributed by atoms with Crippen LogP contribution in [0.15, 0.2) is 12.1 Å². The Morgan fingerprint density at radius 2 is 2.08 bits per heavy atom. The van der Waals surface area contributed by atoms with Crippen molar-refractivity contribution in [1.29, 1.82) is 5.26 Å². The van der Waals surface area contributed by atoms with Gasteiger partial charge in [0.2, 0.25) is 0 Å². The molecule has 0 saturated carbocycles. The molecule has 0 radical (unpaired) electrons. The number of anilines is 1. The van der Waals surface area contributed by atoms with Gasteiger partial charge in [-0.25, -0.2) is 0 Å². The monoisotopic (exact) mass is 180 g/mol. The topological polar surface area (TPSA) is 116 Å². The first-order valence-corrected chi connectivity index (χ1v) is 3.50. The number of nitrogen functional groups attached to an aromatic ring is 1. The number of hydrogen-bond donors (Lipinski definition) is 3. The Balaban J connectivity index is 2.84. The van der Waals surface area contributed by atoms with Gasteiger partial charge >= 0.3 is 0 Å². The molecule has 1 heterocycles. The third-order valence-corrected chi connectivity index (χ3v) is 1.44. The predicted molar refractivity (Wildman–Crippen MR) is 43.0 cm³/mol. The summed E-state index contributed by atoms with van der Waals surface area (Å²) < 4.78 is 0. The van der Waals surface area contributed by atoms with Crippen molar-refractivity contribution in [3.8, 4) is 6.07 Å². The summed E-state index contributed by atoms with van der Waals surface area (Å²) in [6.07, 6.45) is -2.85. The fraction of sp³-hybridized carbons (Fsp3) is 0.286. The molecular weight excluding hydrogens is 172 g/mol. The summed E-state index contributed by atoms with van der Waals surface area (Å²) >= 11 is 0. The summed E-state index contributed by atoms with van der Waals surface area (Å²) in [5, 5.41) is 33.5. The zero-order valence-corrected chi connectivity index (χ0v) is 6.62. The Morgan fingerprint density at radius 3 is 2.54 bits per heavy atom. The average Bonchev–Trinajstić information content (AvgIpc) is 2.17. The summed E-state index contributed by atoms with van der Waals surface area (Å²) in [5.74, 6) is 0.211. The number of aliphatic hydroxyl groups excluding tert-OH is 2. The number of nitriles is 1. The lowest BCUT2D eigenvalue weighted by molar-refractivity contribution is 0.0493. The molecule has 2 unspecified atom stereocenters. The number of nitrogens with zero attached hydrogens (tertiary/aromatic N) is 3. The van der Waals surface area contributed by atoms with Crippen molar-refractivity contribution in [2.24, 2.45) is 0 Å². The molecule has 0 fully saturated rings. The zero-order valence-electron chi connectivity index (χ0n) is 6.62. The number of aromatic nitrogens is 2. The maximum absolute atomic E-state index is 9.26. The van der Waals surface area contributed by atoms with E-state index < -0.39 is 12.2 Å². The van der Waals surface area contributed by atoms with Crippen LogP contribution in [0.2, 0.25) is 0 Å². The minimum absolute atomic E-state index is 0.114. The molecule has 68 valence electrons. The van der Waals surface area contributed by atoms with Crippen LogP contribution in [0.25, 0.3) is 0 Å². The quantitative estimate of drug-likeness (QED) is 0.501. The summed E-state index contributed by atoms with van der Waals surface area (Å²) in [7, 11) is 0. The van der Waals surface area contributed by atoms with Crippen LogP contribution in [0, 0.1) is 11.3 Å². The largest absolute Gasteiger partial charge is 0.383 e. The fourth-order valence-corrected chi connectivity index (χ4v) is 0.743. The lowest BCUT2D eigenvalue weighted by Gasteiger charge is -2.09. The van der Waals surface area contributed by atoms with Gasteiger partial charge in [-0.15, -0.1) is 5.10 Å². The molecule has 0 aliphatic rings. The third-order valence-electron chi connectivity index (χ3n) is 1.44. The number of hydrogen-bond acceptors (Lipinski definition) is 6. The number of aliphatic hydroxyl groups is 2. The average molecular weight is 180 g/mol. The molecule has 0 saturated heterocycles. The van der Waals surface area contributed by atoms with E-state index in [4.69, 9.17) is 16.1 Å². The minimum atomic E-state index is -1.50. The first kappa shape index (κ1) is 9.38. The molecule has 0 bridgehead atoms. The van der Waals surface area contributed by atoms with Crippen molar-refractivity contribution in [2.75, 3.05) is 5.73 Å². The highest BCUT2D eigenvalue weighted by atomic mass is 16.3. The smallest absolute Gasteiger partial charge is 0.172 e. The van der Waals surface area contributed by atoms with Crippen molar-refractivity contribution in [3.63, 3.8) is 0 Å². The number of nitrogens with two attached hydrogens (primary N) is 1. The van der Waals surface area contributed by atoms with Crippen molar-refractivity contribution < 1.29 is 10.2 Å². The van der Waals surface area contributed by atoms with Gasteiger partial charge < -0.3 is 15.9 Å². The second-order valence-corrected chi connectivity index (χ2v) is 2.40. The SMILES string of the molecule is N#CC(O)C(O)c1ccc(N)nn1. The molecule has 2 atom stereocenters. The van der Waals surface area contributed by atoms with Crippen LogP contribution in [-0.4, -0.2) is 26.5 Å². The maximum Gasteiger partial charge on any atom is 0.172 e. The molecule has 4 N–H and O–H groups in total. The van der Waals surface area contributed by atoms with Crippen LogP contribution < -0.4 is 5.73 Å². The van der Waals surface area contributed by atoms with Gasteiger partial charge in [-0.2, -0.15) is 10.4 Å². The van der Waals surface area contributed by atoms with Crippen molar-refractivity contribution in [2.45, 2.75) is 12.2 Å². The van der Waals surface area contributed by atoms with Crippen LogP contribution in [0.4, 0.5) is 5.82 Å². The molecule has 1 aromatic rings. The van der Waals surface area contributed by atoms with Crippen LogP contribution in [0.1, 0.15) is 11.8 Å². The van der Waals surface area contributed by atoms with E-state index in [9.17, 15) is 5.11 Å². The van der Waals surface area contributed by atoms with Crippen molar-refractivity contribution >= 4 is 5.82 Å². The molecule has 0 aliphatic carbocycles. The predicted octanol–water partition coefficient (Wildman–Crippen LogP) is -1.02. The van der Waals surface area contributed by atoms with Gasteiger partial charge in [0, 0.05) is 0 Å². The summed E-state index contributed by atoms with van der Waals surface area (Å²) in [5.41, 5.74) is 5.37. The maximum atomic E-state index is 9.26. The van der Waals surface area contributed by atoms with E-state index in [1.807, 2.05) is 0 Å². The molecule has 0 amide bonds. The Bertz CT molecular complexity index is 318. The lowest BCUT2D eigenvalue weighted by Crippen LogP contribution is -2.17. The van der Waals surface area contributed by atoms with Crippen molar-refractivity contribution in [1.82, 2.24) is 10.2 Å². The molecule has 13 heavy (non-hydrogen) atoms. The highest BCUT2D eigenvalue weighted by Gasteiger charge is 2.18. The van der Waals surface area contributed by atoms with Gasteiger partial charge in [0.15, 0.2) is 6.10 Å². The first-order chi connectivity index (χ1) is 6.15. The lowest BCUT2D eigenvalue weighted by atomic mass is 10.1. The van der Waals surface area contributed by atoms with Gasteiger partial charge in [-0.05, 0) is 12.1 Å². The summed E-state index contributed by atoms with van der Waals surface area (Å²) in [6.45, 7) is 0. The zero-order chi connectivity index (χ0) is 9.84. The van der Waals surface area contributed by atoms with E-state index in [1.165, 1.54) is 18.2 Å². The van der Waals surface area contributed by atoms with Crippen LogP contribution in [0.5, 0.6) is 0 Å². The van der Waals surface area contributed by atoms with Crippen molar-refractivity contribution in [3.05, 3.63) is 17.8 Å². The molecule has 1 aromatic heterocycles. The molecule has 6 nitrogen and oxygen atoms in total. The fourth-order valence-electron chi connectivity index (χ4n) is 0.743. The molecule has 0 aliphatic heterocycles. The number of rotatable bonds is 2. The summed E-state index contributed by atoms with van der Waals surface area (Å²) in [4.78, 5) is 0. The molecule has 1 rings (SSSR count). The van der Waals surface area contributed by atoms with E-state index in [0.29, 0.717) is 0 Å². The Hall–Kier alpha value is -1.71. The third kappa shape index (κ3) is 2.11. The van der Waals surface area contributed by atoms with Crippen LogP contribution >= 0.6 is 0 Å². The molecular formula is C7H8N4O2. The Kier molecular flexibility index (Phi) is 2.74. The minimum Gasteiger partial charge on any atom is -0.383 e. The van der Waals surface area contributed by atoms with Crippen LogP contribution in [-0.2, 0) is 0 Å².